The SMILES string of the molecule is C[C@@H]1CC(C(=O)NC(CC2CCC2)C(=O)C(N)=O)N(C(=O)C(NC(=O)N[C@H](COC(=O)OCC2CC2)C(C)(C)C)C(C)(C)C)C1. The predicted octanol–water partition coefficient (Wildman–Crippen LogP) is 2.64. The molecule has 0 aromatic rings. The van der Waals surface area contributed by atoms with Crippen LogP contribution in [0.5, 0.6) is 0 Å². The van der Waals surface area contributed by atoms with Gasteiger partial charge in [-0.25, -0.2) is 9.59 Å². The normalized spacial score (nSPS) is 22.3. The number of Topliss-reactive ketones (excluding diaryl/α,β-unsaturated/α-hetero) is 1. The molecular weight excluding hydrogens is 582 g/mol. The van der Waals surface area contributed by atoms with Crippen molar-refractivity contribution in [3.8, 4) is 0 Å². The van der Waals surface area contributed by atoms with E-state index in [9.17, 15) is 28.8 Å². The van der Waals surface area contributed by atoms with Gasteiger partial charge in [-0.1, -0.05) is 67.7 Å². The van der Waals surface area contributed by atoms with Crippen LogP contribution in [0.4, 0.5) is 9.59 Å². The molecule has 3 rings (SSSR count). The summed E-state index contributed by atoms with van der Waals surface area (Å²) in [6.07, 6.45) is 4.82. The Hall–Kier alpha value is -3.38. The highest BCUT2D eigenvalue weighted by molar-refractivity contribution is 6.37. The van der Waals surface area contributed by atoms with Crippen LogP contribution in [-0.2, 0) is 28.7 Å². The van der Waals surface area contributed by atoms with E-state index in [4.69, 9.17) is 15.2 Å². The maximum absolute atomic E-state index is 14.1. The molecule has 3 fully saturated rings. The third-order valence-corrected chi connectivity index (χ3v) is 9.01. The van der Waals surface area contributed by atoms with Crippen LogP contribution in [0.2, 0.25) is 0 Å². The summed E-state index contributed by atoms with van der Waals surface area (Å²) in [7, 11) is 0. The number of rotatable bonds is 13. The Labute approximate surface area is 266 Å². The summed E-state index contributed by atoms with van der Waals surface area (Å²) < 4.78 is 10.4. The van der Waals surface area contributed by atoms with Crippen molar-refractivity contribution in [2.45, 2.75) is 118 Å². The molecule has 0 aromatic heterocycles. The molecule has 0 bridgehead atoms. The molecule has 0 spiro atoms. The second-order valence-electron chi connectivity index (χ2n) is 15.3. The molecular formula is C32H53N5O8. The smallest absolute Gasteiger partial charge is 0.434 e. The predicted molar refractivity (Wildman–Crippen MR) is 166 cm³/mol. The maximum Gasteiger partial charge on any atom is 0.508 e. The molecule has 45 heavy (non-hydrogen) atoms. The van der Waals surface area contributed by atoms with E-state index in [0.29, 0.717) is 25.4 Å². The molecule has 1 aliphatic heterocycles. The van der Waals surface area contributed by atoms with Crippen LogP contribution < -0.4 is 21.7 Å². The Bertz CT molecular complexity index is 1120. The molecule has 0 radical (unpaired) electrons. The van der Waals surface area contributed by atoms with E-state index in [-0.39, 0.29) is 25.0 Å². The molecule has 1 heterocycles. The van der Waals surface area contributed by atoms with E-state index in [1.54, 1.807) is 0 Å². The summed E-state index contributed by atoms with van der Waals surface area (Å²) in [4.78, 5) is 78.7. The number of nitrogens with one attached hydrogen (secondary N) is 3. The van der Waals surface area contributed by atoms with Gasteiger partial charge in [-0.3, -0.25) is 19.2 Å². The molecule has 3 aliphatic rings. The fourth-order valence-corrected chi connectivity index (χ4v) is 5.59. The summed E-state index contributed by atoms with van der Waals surface area (Å²) in [5.41, 5.74) is 4.03. The lowest BCUT2D eigenvalue weighted by molar-refractivity contribution is -0.143. The number of nitrogens with zero attached hydrogens (tertiary/aromatic N) is 1. The monoisotopic (exact) mass is 635 g/mol. The molecule has 5 amide bonds. The second kappa shape index (κ2) is 14.8. The van der Waals surface area contributed by atoms with Crippen molar-refractivity contribution in [2.75, 3.05) is 19.8 Å². The highest BCUT2D eigenvalue weighted by Gasteiger charge is 2.45. The summed E-state index contributed by atoms with van der Waals surface area (Å²) in [6, 6.07) is -4.16. The lowest BCUT2D eigenvalue weighted by atomic mass is 9.80. The Morgan fingerprint density at radius 3 is 2.02 bits per heavy atom. The molecule has 5 atom stereocenters. The summed E-state index contributed by atoms with van der Waals surface area (Å²) in [5.74, 6) is -2.32. The maximum atomic E-state index is 14.1. The Morgan fingerprint density at radius 1 is 0.867 bits per heavy atom. The van der Waals surface area contributed by atoms with Crippen LogP contribution in [0.3, 0.4) is 0 Å². The van der Waals surface area contributed by atoms with Gasteiger partial charge >= 0.3 is 12.2 Å². The van der Waals surface area contributed by atoms with E-state index >= 15 is 0 Å². The largest absolute Gasteiger partial charge is 0.508 e. The molecule has 2 saturated carbocycles. The number of hydrogen-bond acceptors (Lipinski definition) is 8. The van der Waals surface area contributed by atoms with E-state index in [2.05, 4.69) is 16.0 Å². The van der Waals surface area contributed by atoms with Crippen molar-refractivity contribution in [1.82, 2.24) is 20.9 Å². The minimum Gasteiger partial charge on any atom is -0.434 e. The summed E-state index contributed by atoms with van der Waals surface area (Å²) in [5, 5.41) is 8.36. The second-order valence-corrected chi connectivity index (χ2v) is 15.3. The number of carbonyl (C=O) groups is 6. The van der Waals surface area contributed by atoms with Crippen LogP contribution >= 0.6 is 0 Å². The third kappa shape index (κ3) is 10.6. The van der Waals surface area contributed by atoms with Crippen molar-refractivity contribution in [3.63, 3.8) is 0 Å². The number of ketones is 1. The average molecular weight is 636 g/mol. The van der Waals surface area contributed by atoms with Crippen molar-refractivity contribution in [1.29, 1.82) is 0 Å². The first-order valence-electron chi connectivity index (χ1n) is 16.2. The first kappa shape index (κ1) is 36.1. The zero-order valence-electron chi connectivity index (χ0n) is 27.9. The van der Waals surface area contributed by atoms with Gasteiger partial charge in [0.05, 0.1) is 18.7 Å². The Kier molecular flexibility index (Phi) is 11.9. The molecule has 254 valence electrons. The number of amides is 5. The first-order chi connectivity index (χ1) is 20.9. The number of likely N-dealkylation sites (tertiary alicyclic amines) is 1. The number of urea groups is 1. The molecule has 2 aliphatic carbocycles. The van der Waals surface area contributed by atoms with Crippen molar-refractivity contribution in [3.05, 3.63) is 0 Å². The summed E-state index contributed by atoms with van der Waals surface area (Å²) in [6.45, 7) is 13.5. The molecule has 5 N–H and O–H groups in total. The summed E-state index contributed by atoms with van der Waals surface area (Å²) >= 11 is 0. The highest BCUT2D eigenvalue weighted by Crippen LogP contribution is 2.32. The quantitative estimate of drug-likeness (QED) is 0.176. The van der Waals surface area contributed by atoms with E-state index < -0.39 is 70.7 Å². The van der Waals surface area contributed by atoms with Crippen molar-refractivity contribution >= 4 is 35.7 Å². The van der Waals surface area contributed by atoms with Gasteiger partial charge in [0.15, 0.2) is 0 Å². The topological polar surface area (TPSA) is 186 Å². The first-order valence-corrected chi connectivity index (χ1v) is 16.2. The number of ether oxygens (including phenoxy) is 2. The molecule has 13 heteroatoms. The Balaban J connectivity index is 1.69. The standard InChI is InChI=1S/C32H53N5O8/c1-18-13-22(27(40)34-21(24(38)26(33)39)14-19-9-8-10-19)37(15-18)28(41)25(32(5,6)7)36-29(42)35-23(31(2,3)4)17-45-30(43)44-16-20-11-12-20/h18-23,25H,8-17H2,1-7H3,(H2,33,39)(H,34,40)(H2,35,36,42)/t18-,21?,22?,23-,25?/m1/s1. The number of hydrogen-bond donors (Lipinski definition) is 4. The molecule has 13 nitrogen and oxygen atoms in total. The molecule has 3 unspecified atom stereocenters. The van der Waals surface area contributed by atoms with Crippen LogP contribution in [-0.4, -0.2) is 84.5 Å². The van der Waals surface area contributed by atoms with Crippen molar-refractivity contribution in [2.24, 2.45) is 34.3 Å². The van der Waals surface area contributed by atoms with Gasteiger partial charge in [0.2, 0.25) is 17.6 Å². The molecule has 0 aromatic carbocycles. The zero-order valence-corrected chi connectivity index (χ0v) is 27.9. The van der Waals surface area contributed by atoms with Gasteiger partial charge in [-0.2, -0.15) is 0 Å². The van der Waals surface area contributed by atoms with Gasteiger partial charge in [-0.15, -0.1) is 0 Å². The van der Waals surface area contributed by atoms with Gasteiger partial charge in [0, 0.05) is 6.54 Å². The minimum atomic E-state index is -1.11. The fourth-order valence-electron chi connectivity index (χ4n) is 5.59. The van der Waals surface area contributed by atoms with Crippen LogP contribution in [0.15, 0.2) is 0 Å². The number of primary amides is 1. The fraction of sp³-hybridized carbons (Fsp3) is 0.812. The number of nitrogens with two attached hydrogens (primary N) is 1. The highest BCUT2D eigenvalue weighted by atomic mass is 16.7. The van der Waals surface area contributed by atoms with Gasteiger partial charge in [0.1, 0.15) is 18.7 Å². The Morgan fingerprint density at radius 2 is 1.51 bits per heavy atom. The van der Waals surface area contributed by atoms with E-state index in [0.717, 1.165) is 32.1 Å². The van der Waals surface area contributed by atoms with E-state index in [1.165, 1.54) is 4.90 Å². The minimum absolute atomic E-state index is 0.0156. The van der Waals surface area contributed by atoms with Crippen LogP contribution in [0.1, 0.15) is 93.4 Å². The zero-order chi connectivity index (χ0) is 33.7. The number of carbonyl (C=O) groups excluding carboxylic acids is 6. The lowest BCUT2D eigenvalue weighted by Gasteiger charge is -2.37. The van der Waals surface area contributed by atoms with Crippen LogP contribution in [0.25, 0.3) is 0 Å². The van der Waals surface area contributed by atoms with E-state index in [1.807, 2.05) is 48.5 Å². The third-order valence-electron chi connectivity index (χ3n) is 9.01. The van der Waals surface area contributed by atoms with Gasteiger partial charge in [-0.05, 0) is 54.3 Å². The molecule has 1 saturated heterocycles. The van der Waals surface area contributed by atoms with Crippen molar-refractivity contribution < 1.29 is 38.2 Å². The van der Waals surface area contributed by atoms with Gasteiger partial charge in [0.25, 0.3) is 5.91 Å². The van der Waals surface area contributed by atoms with Crippen LogP contribution in [0, 0.1) is 28.6 Å². The van der Waals surface area contributed by atoms with Gasteiger partial charge < -0.3 is 36.1 Å². The lowest BCUT2D eigenvalue weighted by Crippen LogP contribution is -2.61. The average Bonchev–Trinajstić information content (AvgIpc) is 3.66.